The van der Waals surface area contributed by atoms with Crippen LogP contribution in [0.1, 0.15) is 11.1 Å². The second kappa shape index (κ2) is 6.12. The van der Waals surface area contributed by atoms with E-state index in [4.69, 9.17) is 13.9 Å². The molecule has 0 atom stereocenters. The van der Waals surface area contributed by atoms with Crippen molar-refractivity contribution >= 4 is 0 Å². The monoisotopic (exact) mass is 247 g/mol. The van der Waals surface area contributed by atoms with E-state index < -0.39 is 0 Å². The van der Waals surface area contributed by atoms with Gasteiger partial charge in [0.25, 0.3) is 0 Å². The quantitative estimate of drug-likeness (QED) is 0.852. The molecule has 18 heavy (non-hydrogen) atoms. The van der Waals surface area contributed by atoms with Crippen LogP contribution in [0.25, 0.3) is 0 Å². The molecule has 0 bridgehead atoms. The van der Waals surface area contributed by atoms with Crippen molar-refractivity contribution in [1.29, 1.82) is 0 Å². The normalized spacial score (nSPS) is 10.3. The molecular weight excluding hydrogens is 230 g/mol. The molecule has 0 amide bonds. The Morgan fingerprint density at radius 3 is 2.44 bits per heavy atom. The zero-order valence-electron chi connectivity index (χ0n) is 10.6. The summed E-state index contributed by atoms with van der Waals surface area (Å²) in [7, 11) is 3.27. The van der Waals surface area contributed by atoms with Crippen LogP contribution < -0.4 is 14.8 Å². The number of furan rings is 1. The number of hydrogen-bond donors (Lipinski definition) is 1. The lowest BCUT2D eigenvalue weighted by Crippen LogP contribution is -2.12. The van der Waals surface area contributed by atoms with E-state index >= 15 is 0 Å². The summed E-state index contributed by atoms with van der Waals surface area (Å²) in [6.07, 6.45) is 3.41. The van der Waals surface area contributed by atoms with Crippen molar-refractivity contribution < 1.29 is 13.9 Å². The summed E-state index contributed by atoms with van der Waals surface area (Å²) in [5.74, 6) is 1.50. The molecule has 0 saturated carbocycles. The fraction of sp³-hybridized carbons (Fsp3) is 0.286. The molecule has 0 aliphatic heterocycles. The van der Waals surface area contributed by atoms with Gasteiger partial charge in [-0.2, -0.15) is 0 Å². The van der Waals surface area contributed by atoms with Gasteiger partial charge in [-0.1, -0.05) is 6.07 Å². The number of ether oxygens (including phenoxy) is 2. The lowest BCUT2D eigenvalue weighted by molar-refractivity contribution is 0.354. The smallest absolute Gasteiger partial charge is 0.161 e. The number of benzene rings is 1. The average molecular weight is 247 g/mol. The Labute approximate surface area is 107 Å². The summed E-state index contributed by atoms with van der Waals surface area (Å²) in [6, 6.07) is 7.85. The van der Waals surface area contributed by atoms with Crippen molar-refractivity contribution in [2.24, 2.45) is 0 Å². The second-order valence-electron chi connectivity index (χ2n) is 3.92. The van der Waals surface area contributed by atoms with Crippen LogP contribution >= 0.6 is 0 Å². The van der Waals surface area contributed by atoms with Crippen LogP contribution in [-0.2, 0) is 13.1 Å². The predicted octanol–water partition coefficient (Wildman–Crippen LogP) is 2.59. The van der Waals surface area contributed by atoms with Gasteiger partial charge in [0.15, 0.2) is 11.5 Å². The third-order valence-electron chi connectivity index (χ3n) is 2.69. The van der Waals surface area contributed by atoms with Gasteiger partial charge < -0.3 is 19.2 Å². The maximum absolute atomic E-state index is 5.26. The first-order valence-corrected chi connectivity index (χ1v) is 5.76. The van der Waals surface area contributed by atoms with E-state index in [2.05, 4.69) is 5.32 Å². The standard InChI is InChI=1S/C14H17NO3/c1-16-13-4-3-11(7-14(13)17-2)8-15-9-12-5-6-18-10-12/h3-7,10,15H,8-9H2,1-2H3. The molecule has 0 aliphatic carbocycles. The topological polar surface area (TPSA) is 43.6 Å². The Kier molecular flexibility index (Phi) is 4.25. The first kappa shape index (κ1) is 12.5. The van der Waals surface area contributed by atoms with E-state index in [1.807, 2.05) is 24.3 Å². The van der Waals surface area contributed by atoms with Crippen LogP contribution in [0.15, 0.2) is 41.2 Å². The molecule has 0 spiro atoms. The van der Waals surface area contributed by atoms with E-state index in [0.717, 1.165) is 35.7 Å². The lowest BCUT2D eigenvalue weighted by atomic mass is 10.2. The van der Waals surface area contributed by atoms with Crippen LogP contribution in [0.5, 0.6) is 11.5 Å². The highest BCUT2D eigenvalue weighted by Crippen LogP contribution is 2.27. The highest BCUT2D eigenvalue weighted by Gasteiger charge is 2.04. The lowest BCUT2D eigenvalue weighted by Gasteiger charge is -2.10. The van der Waals surface area contributed by atoms with E-state index in [0.29, 0.717) is 0 Å². The minimum absolute atomic E-state index is 0.746. The molecule has 2 aromatic rings. The van der Waals surface area contributed by atoms with E-state index in [1.165, 1.54) is 0 Å². The fourth-order valence-corrected chi connectivity index (χ4v) is 1.74. The highest BCUT2D eigenvalue weighted by molar-refractivity contribution is 5.42. The van der Waals surface area contributed by atoms with Gasteiger partial charge in [-0.25, -0.2) is 0 Å². The summed E-state index contributed by atoms with van der Waals surface area (Å²) < 4.78 is 15.5. The van der Waals surface area contributed by atoms with Gasteiger partial charge in [0, 0.05) is 18.7 Å². The summed E-state index contributed by atoms with van der Waals surface area (Å²) in [4.78, 5) is 0. The van der Waals surface area contributed by atoms with Gasteiger partial charge in [-0.15, -0.1) is 0 Å². The molecular formula is C14H17NO3. The van der Waals surface area contributed by atoms with E-state index in [1.54, 1.807) is 26.7 Å². The van der Waals surface area contributed by atoms with Crippen LogP contribution in [0.4, 0.5) is 0 Å². The first-order chi connectivity index (χ1) is 8.83. The van der Waals surface area contributed by atoms with E-state index in [9.17, 15) is 0 Å². The minimum atomic E-state index is 0.746. The maximum atomic E-state index is 5.26. The van der Waals surface area contributed by atoms with Gasteiger partial charge >= 0.3 is 0 Å². The summed E-state index contributed by atoms with van der Waals surface area (Å²) in [5.41, 5.74) is 2.28. The average Bonchev–Trinajstić information content (AvgIpc) is 2.91. The zero-order valence-corrected chi connectivity index (χ0v) is 10.6. The molecule has 0 fully saturated rings. The summed E-state index contributed by atoms with van der Waals surface area (Å²) >= 11 is 0. The summed E-state index contributed by atoms with van der Waals surface area (Å²) in [6.45, 7) is 1.55. The second-order valence-corrected chi connectivity index (χ2v) is 3.92. The minimum Gasteiger partial charge on any atom is -0.493 e. The van der Waals surface area contributed by atoms with Crippen molar-refractivity contribution in [2.75, 3.05) is 14.2 Å². The van der Waals surface area contributed by atoms with Crippen molar-refractivity contribution in [3.63, 3.8) is 0 Å². The molecule has 1 heterocycles. The molecule has 0 saturated heterocycles. The largest absolute Gasteiger partial charge is 0.493 e. The number of rotatable bonds is 6. The Bertz CT molecular complexity index is 480. The van der Waals surface area contributed by atoms with Crippen molar-refractivity contribution in [3.8, 4) is 11.5 Å². The van der Waals surface area contributed by atoms with Gasteiger partial charge in [-0.05, 0) is 23.8 Å². The Balaban J connectivity index is 1.93. The molecule has 0 aliphatic rings. The van der Waals surface area contributed by atoms with Crippen molar-refractivity contribution in [1.82, 2.24) is 5.32 Å². The molecule has 4 heteroatoms. The Morgan fingerprint density at radius 2 is 1.78 bits per heavy atom. The van der Waals surface area contributed by atoms with Crippen LogP contribution in [0.3, 0.4) is 0 Å². The SMILES string of the molecule is COc1ccc(CNCc2ccoc2)cc1OC. The number of methoxy groups -OCH3 is 2. The Morgan fingerprint density at radius 1 is 1.00 bits per heavy atom. The number of hydrogen-bond acceptors (Lipinski definition) is 4. The fourth-order valence-electron chi connectivity index (χ4n) is 1.74. The van der Waals surface area contributed by atoms with Gasteiger partial charge in [0.1, 0.15) is 0 Å². The third-order valence-corrected chi connectivity index (χ3v) is 2.69. The molecule has 0 radical (unpaired) electrons. The summed E-state index contributed by atoms with van der Waals surface area (Å²) in [5, 5.41) is 3.34. The van der Waals surface area contributed by atoms with Gasteiger partial charge in [-0.3, -0.25) is 0 Å². The van der Waals surface area contributed by atoms with Gasteiger partial charge in [0.2, 0.25) is 0 Å². The molecule has 1 aromatic carbocycles. The van der Waals surface area contributed by atoms with Crippen LogP contribution in [0, 0.1) is 0 Å². The molecule has 2 rings (SSSR count). The van der Waals surface area contributed by atoms with Crippen LogP contribution in [-0.4, -0.2) is 14.2 Å². The Hall–Kier alpha value is -1.94. The van der Waals surface area contributed by atoms with Gasteiger partial charge in [0.05, 0.1) is 26.7 Å². The first-order valence-electron chi connectivity index (χ1n) is 5.76. The molecule has 96 valence electrons. The number of nitrogens with one attached hydrogen (secondary N) is 1. The van der Waals surface area contributed by atoms with E-state index in [-0.39, 0.29) is 0 Å². The third kappa shape index (κ3) is 3.05. The molecule has 0 unspecified atom stereocenters. The highest BCUT2D eigenvalue weighted by atomic mass is 16.5. The van der Waals surface area contributed by atoms with Crippen LogP contribution in [0.2, 0.25) is 0 Å². The molecule has 1 N–H and O–H groups in total. The zero-order chi connectivity index (χ0) is 12.8. The molecule has 1 aromatic heterocycles. The predicted molar refractivity (Wildman–Crippen MR) is 68.8 cm³/mol. The van der Waals surface area contributed by atoms with Crippen molar-refractivity contribution in [3.05, 3.63) is 47.9 Å². The maximum Gasteiger partial charge on any atom is 0.161 e. The molecule has 4 nitrogen and oxygen atoms in total. The van der Waals surface area contributed by atoms with Crippen molar-refractivity contribution in [2.45, 2.75) is 13.1 Å².